The maximum absolute atomic E-state index is 10.9. The SMILES string of the molecule is Nc1cc(C(O)C(O)CC(=O)O)c[nH]c1=O. The number of aromatic amines is 1. The number of H-pyrrole nitrogens is 1. The summed E-state index contributed by atoms with van der Waals surface area (Å²) in [5, 5.41) is 27.3. The van der Waals surface area contributed by atoms with Crippen LogP contribution in [0.1, 0.15) is 18.1 Å². The third kappa shape index (κ3) is 2.81. The van der Waals surface area contributed by atoms with Crippen LogP contribution in [0, 0.1) is 0 Å². The molecule has 1 rings (SSSR count). The molecule has 0 aromatic carbocycles. The zero-order chi connectivity index (χ0) is 12.3. The first kappa shape index (κ1) is 12.2. The Morgan fingerprint density at radius 1 is 1.50 bits per heavy atom. The number of hydrogen-bond donors (Lipinski definition) is 5. The monoisotopic (exact) mass is 228 g/mol. The van der Waals surface area contributed by atoms with Gasteiger partial charge < -0.3 is 26.0 Å². The molecular formula is C9H12N2O5. The molecule has 0 spiro atoms. The fraction of sp³-hybridized carbons (Fsp3) is 0.333. The van der Waals surface area contributed by atoms with Gasteiger partial charge in [-0.25, -0.2) is 0 Å². The van der Waals surface area contributed by atoms with Gasteiger partial charge in [0.15, 0.2) is 0 Å². The van der Waals surface area contributed by atoms with Crippen molar-refractivity contribution in [1.29, 1.82) is 0 Å². The van der Waals surface area contributed by atoms with Crippen LogP contribution in [0.3, 0.4) is 0 Å². The highest BCUT2D eigenvalue weighted by Gasteiger charge is 2.21. The number of aliphatic hydroxyl groups excluding tert-OH is 2. The molecule has 0 aliphatic carbocycles. The number of carbonyl (C=O) groups is 1. The first-order chi connectivity index (χ1) is 7.41. The lowest BCUT2D eigenvalue weighted by Crippen LogP contribution is -2.23. The van der Waals surface area contributed by atoms with Gasteiger partial charge in [0.25, 0.3) is 5.56 Å². The Hall–Kier alpha value is -1.86. The van der Waals surface area contributed by atoms with Crippen LogP contribution in [0.2, 0.25) is 0 Å². The molecule has 0 radical (unpaired) electrons. The minimum atomic E-state index is -1.46. The van der Waals surface area contributed by atoms with Gasteiger partial charge in [0.1, 0.15) is 6.10 Å². The van der Waals surface area contributed by atoms with Crippen molar-refractivity contribution in [3.05, 3.63) is 28.2 Å². The van der Waals surface area contributed by atoms with Gasteiger partial charge in [-0.2, -0.15) is 0 Å². The molecule has 7 nitrogen and oxygen atoms in total. The van der Waals surface area contributed by atoms with Crippen molar-refractivity contribution in [1.82, 2.24) is 4.98 Å². The van der Waals surface area contributed by atoms with E-state index in [9.17, 15) is 19.8 Å². The molecule has 0 saturated heterocycles. The van der Waals surface area contributed by atoms with Crippen molar-refractivity contribution < 1.29 is 20.1 Å². The molecule has 6 N–H and O–H groups in total. The minimum Gasteiger partial charge on any atom is -0.481 e. The lowest BCUT2D eigenvalue weighted by molar-refractivity contribution is -0.141. The largest absolute Gasteiger partial charge is 0.481 e. The van der Waals surface area contributed by atoms with E-state index in [4.69, 9.17) is 10.8 Å². The first-order valence-corrected chi connectivity index (χ1v) is 4.48. The second-order valence-corrected chi connectivity index (χ2v) is 3.33. The van der Waals surface area contributed by atoms with Crippen LogP contribution in [0.15, 0.2) is 17.1 Å². The normalized spacial score (nSPS) is 14.4. The number of hydrogen-bond acceptors (Lipinski definition) is 5. The maximum Gasteiger partial charge on any atom is 0.306 e. The number of aliphatic hydroxyl groups is 2. The topological polar surface area (TPSA) is 137 Å². The smallest absolute Gasteiger partial charge is 0.306 e. The summed E-state index contributed by atoms with van der Waals surface area (Å²) in [5.41, 5.74) is 4.84. The Bertz CT molecular complexity index is 442. The highest BCUT2D eigenvalue weighted by atomic mass is 16.4. The summed E-state index contributed by atoms with van der Waals surface area (Å²) in [4.78, 5) is 23.5. The molecule has 0 amide bonds. The lowest BCUT2D eigenvalue weighted by Gasteiger charge is -2.16. The number of rotatable bonds is 4. The third-order valence-electron chi connectivity index (χ3n) is 2.04. The van der Waals surface area contributed by atoms with Crippen molar-refractivity contribution in [2.75, 3.05) is 5.73 Å². The molecule has 2 unspecified atom stereocenters. The quantitative estimate of drug-likeness (QED) is 0.440. The van der Waals surface area contributed by atoms with Gasteiger partial charge in [0.2, 0.25) is 0 Å². The average molecular weight is 228 g/mol. The van der Waals surface area contributed by atoms with Crippen LogP contribution < -0.4 is 11.3 Å². The number of nitrogens with one attached hydrogen (secondary N) is 1. The highest BCUT2D eigenvalue weighted by molar-refractivity contribution is 5.67. The van der Waals surface area contributed by atoms with Crippen molar-refractivity contribution in [3.8, 4) is 0 Å². The van der Waals surface area contributed by atoms with Gasteiger partial charge in [0.05, 0.1) is 18.2 Å². The van der Waals surface area contributed by atoms with Crippen LogP contribution in [0.5, 0.6) is 0 Å². The van der Waals surface area contributed by atoms with Gasteiger partial charge >= 0.3 is 5.97 Å². The summed E-state index contributed by atoms with van der Waals surface area (Å²) in [6.45, 7) is 0. The third-order valence-corrected chi connectivity index (χ3v) is 2.04. The second-order valence-electron chi connectivity index (χ2n) is 3.33. The predicted molar refractivity (Wildman–Crippen MR) is 54.7 cm³/mol. The number of pyridine rings is 1. The molecule has 0 aliphatic rings. The van der Waals surface area contributed by atoms with Crippen LogP contribution in [0.4, 0.5) is 5.69 Å². The summed E-state index contributed by atoms with van der Waals surface area (Å²) in [6, 6.07) is 1.19. The van der Waals surface area contributed by atoms with Crippen molar-refractivity contribution in [2.45, 2.75) is 18.6 Å². The van der Waals surface area contributed by atoms with Gasteiger partial charge in [-0.15, -0.1) is 0 Å². The van der Waals surface area contributed by atoms with E-state index < -0.39 is 30.2 Å². The standard InChI is InChI=1S/C9H12N2O5/c10-5-1-4(3-11-9(5)16)8(15)6(12)2-7(13)14/h1,3,6,8,12,15H,2,10H2,(H,11,16)(H,13,14). The Balaban J connectivity index is 2.87. The van der Waals surface area contributed by atoms with E-state index in [0.29, 0.717) is 0 Å². The minimum absolute atomic E-state index is 0.112. The van der Waals surface area contributed by atoms with Gasteiger partial charge in [0, 0.05) is 11.8 Å². The second kappa shape index (κ2) is 4.77. The van der Waals surface area contributed by atoms with Gasteiger partial charge in [-0.1, -0.05) is 0 Å². The summed E-state index contributed by atoms with van der Waals surface area (Å²) >= 11 is 0. The molecule has 0 bridgehead atoms. The molecule has 2 atom stereocenters. The molecule has 7 heteroatoms. The number of carboxylic acids is 1. The van der Waals surface area contributed by atoms with Gasteiger partial charge in [-0.05, 0) is 6.07 Å². The van der Waals surface area contributed by atoms with Crippen LogP contribution in [0.25, 0.3) is 0 Å². The number of nitrogen functional groups attached to an aromatic ring is 1. The lowest BCUT2D eigenvalue weighted by atomic mass is 10.0. The van der Waals surface area contributed by atoms with Crippen molar-refractivity contribution in [2.24, 2.45) is 0 Å². The molecule has 16 heavy (non-hydrogen) atoms. The van der Waals surface area contributed by atoms with E-state index in [-0.39, 0.29) is 11.3 Å². The summed E-state index contributed by atoms with van der Waals surface area (Å²) in [7, 11) is 0. The Kier molecular flexibility index (Phi) is 3.64. The molecule has 1 heterocycles. The number of aromatic nitrogens is 1. The summed E-state index contributed by atoms with van der Waals surface area (Å²) in [5.74, 6) is -1.23. The van der Waals surface area contributed by atoms with Crippen LogP contribution in [-0.4, -0.2) is 32.4 Å². The van der Waals surface area contributed by atoms with E-state index in [2.05, 4.69) is 4.98 Å². The van der Waals surface area contributed by atoms with Crippen LogP contribution in [-0.2, 0) is 4.79 Å². The van der Waals surface area contributed by atoms with E-state index in [1.807, 2.05) is 0 Å². The zero-order valence-corrected chi connectivity index (χ0v) is 8.25. The molecular weight excluding hydrogens is 216 g/mol. The molecule has 0 fully saturated rings. The molecule has 1 aromatic rings. The number of nitrogens with two attached hydrogens (primary N) is 1. The van der Waals surface area contributed by atoms with E-state index in [0.717, 1.165) is 0 Å². The fourth-order valence-corrected chi connectivity index (χ4v) is 1.20. The molecule has 1 aromatic heterocycles. The van der Waals surface area contributed by atoms with Crippen molar-refractivity contribution in [3.63, 3.8) is 0 Å². The van der Waals surface area contributed by atoms with Crippen LogP contribution >= 0.6 is 0 Å². The van der Waals surface area contributed by atoms with Gasteiger partial charge in [-0.3, -0.25) is 9.59 Å². The number of aliphatic carboxylic acids is 1. The molecule has 88 valence electrons. The van der Waals surface area contributed by atoms with Crippen molar-refractivity contribution >= 4 is 11.7 Å². The maximum atomic E-state index is 10.9. The first-order valence-electron chi connectivity index (χ1n) is 4.48. The number of anilines is 1. The Morgan fingerprint density at radius 2 is 2.12 bits per heavy atom. The Labute approximate surface area is 90.2 Å². The Morgan fingerprint density at radius 3 is 2.62 bits per heavy atom. The fourth-order valence-electron chi connectivity index (χ4n) is 1.20. The van der Waals surface area contributed by atoms with E-state index in [1.165, 1.54) is 12.3 Å². The summed E-state index contributed by atoms with van der Waals surface area (Å²) in [6.07, 6.45) is -2.28. The predicted octanol–water partition coefficient (Wildman–Crippen LogP) is -1.17. The average Bonchev–Trinajstić information content (AvgIpc) is 2.20. The van der Waals surface area contributed by atoms with E-state index >= 15 is 0 Å². The zero-order valence-electron chi connectivity index (χ0n) is 8.25. The molecule has 0 saturated carbocycles. The highest BCUT2D eigenvalue weighted by Crippen LogP contribution is 2.18. The van der Waals surface area contributed by atoms with E-state index in [1.54, 1.807) is 0 Å². The summed E-state index contributed by atoms with van der Waals surface area (Å²) < 4.78 is 0. The molecule has 0 aliphatic heterocycles. The number of carboxylic acid groups (broad SMARTS) is 1.